The summed E-state index contributed by atoms with van der Waals surface area (Å²) in [7, 11) is 1.60. The lowest BCUT2D eigenvalue weighted by Crippen LogP contribution is -2.31. The third-order valence-corrected chi connectivity index (χ3v) is 2.42. The number of aliphatic imine (C=N–C) groups is 1. The zero-order chi connectivity index (χ0) is 12.0. The van der Waals surface area contributed by atoms with Crippen LogP contribution in [0.1, 0.15) is 12.5 Å². The van der Waals surface area contributed by atoms with Crippen LogP contribution in [0.2, 0.25) is 5.02 Å². The molecule has 0 bridgehead atoms. The van der Waals surface area contributed by atoms with E-state index in [1.54, 1.807) is 13.2 Å². The van der Waals surface area contributed by atoms with Crippen molar-refractivity contribution in [1.29, 1.82) is 0 Å². The second kappa shape index (κ2) is 6.23. The molecule has 1 aromatic carbocycles. The summed E-state index contributed by atoms with van der Waals surface area (Å²) in [5, 5.41) is 3.55. The minimum atomic E-state index is 0.404. The van der Waals surface area contributed by atoms with E-state index in [-0.39, 0.29) is 0 Å². The molecule has 0 atom stereocenters. The molecule has 0 saturated heterocycles. The number of hydrogen-bond acceptors (Lipinski definition) is 2. The maximum Gasteiger partial charge on any atom is 0.188 e. The standard InChI is InChI=1S/C11H16ClN3O/c1-3-14-11(13)15-7-8-9(12)5-4-6-10(8)16-2/h4-6H,3,7H2,1-2H3,(H3,13,14,15). The zero-order valence-corrected chi connectivity index (χ0v) is 10.2. The van der Waals surface area contributed by atoms with Crippen molar-refractivity contribution in [3.05, 3.63) is 28.8 Å². The molecule has 0 saturated carbocycles. The van der Waals surface area contributed by atoms with Crippen molar-refractivity contribution >= 4 is 17.6 Å². The Hall–Kier alpha value is -1.42. The normalized spacial score (nSPS) is 11.3. The number of nitrogens with zero attached hydrogens (tertiary/aromatic N) is 1. The predicted molar refractivity (Wildman–Crippen MR) is 67.0 cm³/mol. The first-order valence-corrected chi connectivity index (χ1v) is 5.42. The van der Waals surface area contributed by atoms with Gasteiger partial charge in [0.05, 0.1) is 13.7 Å². The summed E-state index contributed by atoms with van der Waals surface area (Å²) in [4.78, 5) is 4.17. The van der Waals surface area contributed by atoms with Crippen molar-refractivity contribution in [2.45, 2.75) is 13.5 Å². The van der Waals surface area contributed by atoms with E-state index >= 15 is 0 Å². The van der Waals surface area contributed by atoms with Gasteiger partial charge in [0.1, 0.15) is 5.75 Å². The number of ether oxygens (including phenoxy) is 1. The maximum absolute atomic E-state index is 6.06. The summed E-state index contributed by atoms with van der Waals surface area (Å²) in [5.41, 5.74) is 6.47. The third kappa shape index (κ3) is 3.31. The molecular weight excluding hydrogens is 226 g/mol. The number of methoxy groups -OCH3 is 1. The van der Waals surface area contributed by atoms with Gasteiger partial charge in [0.25, 0.3) is 0 Å². The Kier molecular flexibility index (Phi) is 4.92. The molecule has 3 N–H and O–H groups in total. The minimum absolute atomic E-state index is 0.404. The fourth-order valence-electron chi connectivity index (χ4n) is 1.28. The highest BCUT2D eigenvalue weighted by Gasteiger charge is 2.06. The van der Waals surface area contributed by atoms with Gasteiger partial charge in [0.15, 0.2) is 5.96 Å². The summed E-state index contributed by atoms with van der Waals surface area (Å²) in [6.45, 7) is 3.11. The fraction of sp³-hybridized carbons (Fsp3) is 0.364. The van der Waals surface area contributed by atoms with Gasteiger partial charge in [-0.3, -0.25) is 0 Å². The topological polar surface area (TPSA) is 59.6 Å². The summed E-state index contributed by atoms with van der Waals surface area (Å²) < 4.78 is 5.20. The first kappa shape index (κ1) is 12.6. The van der Waals surface area contributed by atoms with E-state index in [9.17, 15) is 0 Å². The monoisotopic (exact) mass is 241 g/mol. The fourth-order valence-corrected chi connectivity index (χ4v) is 1.51. The van der Waals surface area contributed by atoms with Crippen LogP contribution >= 0.6 is 11.6 Å². The smallest absolute Gasteiger partial charge is 0.188 e. The lowest BCUT2D eigenvalue weighted by molar-refractivity contribution is 0.410. The zero-order valence-electron chi connectivity index (χ0n) is 9.46. The highest BCUT2D eigenvalue weighted by molar-refractivity contribution is 6.31. The number of nitrogens with two attached hydrogens (primary N) is 1. The van der Waals surface area contributed by atoms with Gasteiger partial charge < -0.3 is 15.8 Å². The van der Waals surface area contributed by atoms with Gasteiger partial charge in [-0.15, -0.1) is 0 Å². The molecule has 0 aliphatic heterocycles. The van der Waals surface area contributed by atoms with Crippen LogP contribution in [0.5, 0.6) is 5.75 Å². The highest BCUT2D eigenvalue weighted by atomic mass is 35.5. The van der Waals surface area contributed by atoms with Crippen LogP contribution < -0.4 is 15.8 Å². The van der Waals surface area contributed by atoms with E-state index < -0.39 is 0 Å². The minimum Gasteiger partial charge on any atom is -0.496 e. The molecule has 0 heterocycles. The van der Waals surface area contributed by atoms with Gasteiger partial charge in [0.2, 0.25) is 0 Å². The van der Waals surface area contributed by atoms with Crippen LogP contribution in [-0.2, 0) is 6.54 Å². The van der Waals surface area contributed by atoms with E-state index in [0.29, 0.717) is 17.5 Å². The molecule has 5 heteroatoms. The first-order chi connectivity index (χ1) is 7.69. The molecule has 0 fully saturated rings. The SMILES string of the molecule is CCNC(N)=NCc1c(Cl)cccc1OC. The van der Waals surface area contributed by atoms with E-state index in [0.717, 1.165) is 17.9 Å². The maximum atomic E-state index is 6.06. The largest absolute Gasteiger partial charge is 0.496 e. The second-order valence-electron chi connectivity index (χ2n) is 3.15. The van der Waals surface area contributed by atoms with E-state index in [4.69, 9.17) is 22.1 Å². The third-order valence-electron chi connectivity index (χ3n) is 2.06. The highest BCUT2D eigenvalue weighted by Crippen LogP contribution is 2.26. The molecule has 1 aromatic rings. The Balaban J connectivity index is 2.84. The summed E-state index contributed by atoms with van der Waals surface area (Å²) in [6.07, 6.45) is 0. The molecule has 16 heavy (non-hydrogen) atoms. The van der Waals surface area contributed by atoms with E-state index in [1.165, 1.54) is 0 Å². The van der Waals surface area contributed by atoms with Crippen molar-refractivity contribution in [3.63, 3.8) is 0 Å². The van der Waals surface area contributed by atoms with Gasteiger partial charge in [-0.05, 0) is 19.1 Å². The molecular formula is C11H16ClN3O. The number of rotatable bonds is 4. The molecule has 0 spiro atoms. The van der Waals surface area contributed by atoms with Crippen LogP contribution in [0.25, 0.3) is 0 Å². The summed E-state index contributed by atoms with van der Waals surface area (Å²) >= 11 is 6.06. The van der Waals surface area contributed by atoms with Gasteiger partial charge in [-0.25, -0.2) is 4.99 Å². The molecule has 0 aromatic heterocycles. The molecule has 0 aliphatic rings. The number of benzene rings is 1. The molecule has 88 valence electrons. The Labute approximate surface area is 100 Å². The van der Waals surface area contributed by atoms with E-state index in [1.807, 2.05) is 19.1 Å². The molecule has 0 aliphatic carbocycles. The molecule has 1 rings (SSSR count). The van der Waals surface area contributed by atoms with Crippen molar-refractivity contribution < 1.29 is 4.74 Å². The van der Waals surface area contributed by atoms with Gasteiger partial charge >= 0.3 is 0 Å². The number of guanidine groups is 1. The Bertz CT molecular complexity index is 379. The van der Waals surface area contributed by atoms with E-state index in [2.05, 4.69) is 10.3 Å². The predicted octanol–water partition coefficient (Wildman–Crippen LogP) is 1.77. The Morgan fingerprint density at radius 3 is 2.94 bits per heavy atom. The van der Waals surface area contributed by atoms with Crippen molar-refractivity contribution in [3.8, 4) is 5.75 Å². The summed E-state index contributed by atoms with van der Waals surface area (Å²) in [5.74, 6) is 1.13. The van der Waals surface area contributed by atoms with Crippen LogP contribution in [0.4, 0.5) is 0 Å². The van der Waals surface area contributed by atoms with Gasteiger partial charge in [-0.2, -0.15) is 0 Å². The number of halogens is 1. The molecule has 4 nitrogen and oxygen atoms in total. The number of hydrogen-bond donors (Lipinski definition) is 2. The lowest BCUT2D eigenvalue weighted by Gasteiger charge is -2.08. The average Bonchev–Trinajstić information content (AvgIpc) is 2.27. The first-order valence-electron chi connectivity index (χ1n) is 5.04. The average molecular weight is 242 g/mol. The van der Waals surface area contributed by atoms with Gasteiger partial charge in [0, 0.05) is 17.1 Å². The molecule has 0 unspecified atom stereocenters. The second-order valence-corrected chi connectivity index (χ2v) is 3.56. The molecule has 0 radical (unpaired) electrons. The van der Waals surface area contributed by atoms with Crippen molar-refractivity contribution in [2.24, 2.45) is 10.7 Å². The lowest BCUT2D eigenvalue weighted by atomic mass is 10.2. The van der Waals surface area contributed by atoms with Crippen LogP contribution in [0.15, 0.2) is 23.2 Å². The molecule has 0 amide bonds. The van der Waals surface area contributed by atoms with Crippen LogP contribution in [-0.4, -0.2) is 19.6 Å². The Morgan fingerprint density at radius 1 is 1.56 bits per heavy atom. The van der Waals surface area contributed by atoms with Crippen LogP contribution in [0, 0.1) is 0 Å². The van der Waals surface area contributed by atoms with Crippen molar-refractivity contribution in [2.75, 3.05) is 13.7 Å². The Morgan fingerprint density at radius 2 is 2.31 bits per heavy atom. The van der Waals surface area contributed by atoms with Gasteiger partial charge in [-0.1, -0.05) is 17.7 Å². The number of nitrogens with one attached hydrogen (secondary N) is 1. The quantitative estimate of drug-likeness (QED) is 0.624. The summed E-state index contributed by atoms with van der Waals surface area (Å²) in [6, 6.07) is 5.49. The van der Waals surface area contributed by atoms with Crippen LogP contribution in [0.3, 0.4) is 0 Å². The van der Waals surface area contributed by atoms with Crippen molar-refractivity contribution in [1.82, 2.24) is 5.32 Å².